The molecule has 9 rings (SSSR count). The number of carbonyl (C=O) groups is 2. The lowest BCUT2D eigenvalue weighted by Gasteiger charge is -2.45. The molecule has 0 N–H and O–H groups in total. The number of likely N-dealkylation sites (tertiary alicyclic amines) is 1. The van der Waals surface area contributed by atoms with Gasteiger partial charge in [0.05, 0.1) is 17.9 Å². The minimum absolute atomic E-state index is 0.0736. The normalized spacial score (nSPS) is 25.3. The van der Waals surface area contributed by atoms with E-state index in [1.165, 1.54) is 22.3 Å². The van der Waals surface area contributed by atoms with Gasteiger partial charge in [0, 0.05) is 23.0 Å². The van der Waals surface area contributed by atoms with Crippen molar-refractivity contribution in [2.75, 3.05) is 0 Å². The van der Waals surface area contributed by atoms with Crippen LogP contribution in [0.15, 0.2) is 97.1 Å². The predicted molar refractivity (Wildman–Crippen MR) is 130 cm³/mol. The lowest BCUT2D eigenvalue weighted by Crippen LogP contribution is -2.41. The van der Waals surface area contributed by atoms with Crippen LogP contribution in [0.5, 0.6) is 11.5 Å². The highest BCUT2D eigenvalue weighted by atomic mass is 16.5. The zero-order valence-corrected chi connectivity index (χ0v) is 18.8. The van der Waals surface area contributed by atoms with Gasteiger partial charge in [-0.3, -0.25) is 14.5 Å². The van der Waals surface area contributed by atoms with Crippen LogP contribution in [0.3, 0.4) is 0 Å². The molecule has 4 aromatic carbocycles. The zero-order valence-electron chi connectivity index (χ0n) is 18.8. The molecule has 2 amide bonds. The van der Waals surface area contributed by atoms with E-state index in [4.69, 9.17) is 4.74 Å². The quantitative estimate of drug-likeness (QED) is 0.342. The molecule has 0 unspecified atom stereocenters. The molecule has 0 spiro atoms. The van der Waals surface area contributed by atoms with Crippen LogP contribution in [0.2, 0.25) is 0 Å². The molecular formula is C31H21NO3. The molecule has 5 aliphatic rings. The molecule has 0 saturated carbocycles. The third-order valence-corrected chi connectivity index (χ3v) is 8.39. The number of para-hydroxylation sites is 2. The fraction of sp³-hybridized carbons (Fsp3) is 0.161. The molecule has 4 nitrogen and oxygen atoms in total. The van der Waals surface area contributed by atoms with E-state index in [2.05, 4.69) is 24.3 Å². The number of hydrogen-bond donors (Lipinski definition) is 0. The number of rotatable bonds is 1. The molecule has 2 atom stereocenters. The van der Waals surface area contributed by atoms with Gasteiger partial charge in [0.1, 0.15) is 11.5 Å². The first-order valence-electron chi connectivity index (χ1n) is 12.1. The van der Waals surface area contributed by atoms with Crippen molar-refractivity contribution >= 4 is 11.8 Å². The number of imide groups is 1. The first-order chi connectivity index (χ1) is 17.2. The maximum atomic E-state index is 14.3. The Morgan fingerprint density at radius 1 is 0.486 bits per heavy atom. The Hall–Kier alpha value is -4.18. The van der Waals surface area contributed by atoms with E-state index in [9.17, 15) is 9.59 Å². The molecule has 0 radical (unpaired) electrons. The van der Waals surface area contributed by atoms with Crippen LogP contribution in [0.25, 0.3) is 0 Å². The standard InChI is InChI=1S/C31H21NO3/c33-30-27-25-17-9-1-2-10-18(17)26(20-12-4-3-11-19(20)25)28(27)31(34)32(30)29-21-13-5-7-15-23(21)35-24-16-8-6-14-22(24)29/h1-16,25-29H/t25?,26?,27-,28-/m1/s1. The van der Waals surface area contributed by atoms with Crippen molar-refractivity contribution in [3.63, 3.8) is 0 Å². The van der Waals surface area contributed by atoms with E-state index in [1.807, 2.05) is 72.8 Å². The molecule has 168 valence electrons. The van der Waals surface area contributed by atoms with E-state index < -0.39 is 6.04 Å². The van der Waals surface area contributed by atoms with Crippen LogP contribution in [0.4, 0.5) is 0 Å². The maximum absolute atomic E-state index is 14.3. The number of benzene rings is 4. The molecule has 35 heavy (non-hydrogen) atoms. The maximum Gasteiger partial charge on any atom is 0.234 e. The molecule has 2 heterocycles. The Labute approximate surface area is 202 Å². The van der Waals surface area contributed by atoms with Gasteiger partial charge in [-0.2, -0.15) is 0 Å². The number of fused-ring (bicyclic) bond motifs is 2. The summed E-state index contributed by atoms with van der Waals surface area (Å²) < 4.78 is 6.16. The van der Waals surface area contributed by atoms with Gasteiger partial charge in [-0.05, 0) is 34.4 Å². The second-order valence-corrected chi connectivity index (χ2v) is 9.89. The summed E-state index contributed by atoms with van der Waals surface area (Å²) in [5.41, 5.74) is 6.46. The number of hydrogen-bond acceptors (Lipinski definition) is 3. The van der Waals surface area contributed by atoms with Gasteiger partial charge in [-0.1, -0.05) is 84.9 Å². The Kier molecular flexibility index (Phi) is 3.67. The van der Waals surface area contributed by atoms with Gasteiger partial charge in [0.25, 0.3) is 0 Å². The van der Waals surface area contributed by atoms with Crippen LogP contribution >= 0.6 is 0 Å². The Morgan fingerprint density at radius 3 is 1.23 bits per heavy atom. The molecule has 0 aromatic heterocycles. The van der Waals surface area contributed by atoms with Gasteiger partial charge in [-0.25, -0.2) is 0 Å². The summed E-state index contributed by atoms with van der Waals surface area (Å²) in [5.74, 6) is 0.251. The van der Waals surface area contributed by atoms with E-state index in [0.29, 0.717) is 11.5 Å². The van der Waals surface area contributed by atoms with Gasteiger partial charge in [-0.15, -0.1) is 0 Å². The van der Waals surface area contributed by atoms with Crippen molar-refractivity contribution in [2.24, 2.45) is 11.8 Å². The highest BCUT2D eigenvalue weighted by molar-refractivity contribution is 6.08. The number of amides is 2. The van der Waals surface area contributed by atoms with Gasteiger partial charge in [0.2, 0.25) is 11.8 Å². The number of ether oxygens (including phenoxy) is 1. The van der Waals surface area contributed by atoms with Crippen molar-refractivity contribution in [2.45, 2.75) is 17.9 Å². The molecule has 2 bridgehead atoms. The second-order valence-electron chi connectivity index (χ2n) is 9.89. The second kappa shape index (κ2) is 6.70. The fourth-order valence-electron chi connectivity index (χ4n) is 7.12. The monoisotopic (exact) mass is 455 g/mol. The summed E-state index contributed by atoms with van der Waals surface area (Å²) in [6.07, 6.45) is 0. The third kappa shape index (κ3) is 2.32. The van der Waals surface area contributed by atoms with E-state index in [0.717, 1.165) is 11.1 Å². The highest BCUT2D eigenvalue weighted by Gasteiger charge is 2.63. The van der Waals surface area contributed by atoms with Crippen LogP contribution in [0.1, 0.15) is 51.3 Å². The van der Waals surface area contributed by atoms with E-state index >= 15 is 0 Å². The molecule has 2 aliphatic heterocycles. The zero-order chi connectivity index (χ0) is 23.3. The van der Waals surface area contributed by atoms with E-state index in [1.54, 1.807) is 4.90 Å². The lowest BCUT2D eigenvalue weighted by molar-refractivity contribution is -0.142. The summed E-state index contributed by atoms with van der Waals surface area (Å²) in [7, 11) is 0. The van der Waals surface area contributed by atoms with Crippen LogP contribution in [0, 0.1) is 11.8 Å². The Balaban J connectivity index is 1.34. The highest BCUT2D eigenvalue weighted by Crippen LogP contribution is 2.62. The Bertz CT molecular complexity index is 1410. The average molecular weight is 456 g/mol. The fourth-order valence-corrected chi connectivity index (χ4v) is 7.12. The smallest absolute Gasteiger partial charge is 0.234 e. The van der Waals surface area contributed by atoms with Crippen molar-refractivity contribution in [1.29, 1.82) is 0 Å². The molecule has 1 fully saturated rings. The van der Waals surface area contributed by atoms with Crippen molar-refractivity contribution in [3.8, 4) is 11.5 Å². The van der Waals surface area contributed by atoms with Gasteiger partial charge >= 0.3 is 0 Å². The van der Waals surface area contributed by atoms with Crippen LogP contribution in [-0.2, 0) is 9.59 Å². The summed E-state index contributed by atoms with van der Waals surface area (Å²) in [6, 6.07) is 31.7. The molecule has 4 aromatic rings. The average Bonchev–Trinajstić information content (AvgIpc) is 3.17. The lowest BCUT2D eigenvalue weighted by atomic mass is 9.55. The van der Waals surface area contributed by atoms with Gasteiger partial charge in [0.15, 0.2) is 0 Å². The minimum atomic E-state index is -0.493. The topological polar surface area (TPSA) is 46.6 Å². The number of carbonyl (C=O) groups excluding carboxylic acids is 2. The SMILES string of the molecule is O=C1[C@@H]2C3c4ccccc4C(c4ccccc43)[C@H]2C(=O)N1C1c2ccccc2Oc2ccccc21. The predicted octanol–water partition coefficient (Wildman–Crippen LogP) is 5.77. The van der Waals surface area contributed by atoms with Crippen molar-refractivity contribution in [1.82, 2.24) is 4.90 Å². The first kappa shape index (κ1) is 19.2. The Morgan fingerprint density at radius 2 is 0.829 bits per heavy atom. The molecule has 4 heteroatoms. The van der Waals surface area contributed by atoms with Crippen molar-refractivity contribution < 1.29 is 14.3 Å². The third-order valence-electron chi connectivity index (χ3n) is 8.39. The molecule has 1 saturated heterocycles. The van der Waals surface area contributed by atoms with Crippen molar-refractivity contribution in [3.05, 3.63) is 130 Å². The van der Waals surface area contributed by atoms with Gasteiger partial charge < -0.3 is 4.74 Å². The number of nitrogens with zero attached hydrogens (tertiary/aromatic N) is 1. The molecule has 3 aliphatic carbocycles. The largest absolute Gasteiger partial charge is 0.457 e. The van der Waals surface area contributed by atoms with Crippen LogP contribution < -0.4 is 4.74 Å². The summed E-state index contributed by atoms with van der Waals surface area (Å²) in [4.78, 5) is 30.2. The minimum Gasteiger partial charge on any atom is -0.457 e. The first-order valence-corrected chi connectivity index (χ1v) is 12.1. The summed E-state index contributed by atoms with van der Waals surface area (Å²) in [6.45, 7) is 0. The van der Waals surface area contributed by atoms with Crippen LogP contribution in [-0.4, -0.2) is 16.7 Å². The summed E-state index contributed by atoms with van der Waals surface area (Å²) in [5, 5.41) is 0. The summed E-state index contributed by atoms with van der Waals surface area (Å²) >= 11 is 0. The molecular weight excluding hydrogens is 434 g/mol. The van der Waals surface area contributed by atoms with E-state index in [-0.39, 0.29) is 35.5 Å².